The number of thiol groups is 1. The maximum atomic E-state index is 5.74. The van der Waals surface area contributed by atoms with Gasteiger partial charge in [0.1, 0.15) is 0 Å². The maximum absolute atomic E-state index is 5.74. The van der Waals surface area contributed by atoms with Crippen LogP contribution in [-0.2, 0) is 6.42 Å². The van der Waals surface area contributed by atoms with E-state index in [-0.39, 0.29) is 0 Å². The fraction of sp³-hybridized carbons (Fsp3) is 0.500. The van der Waals surface area contributed by atoms with Crippen LogP contribution in [0.4, 0.5) is 5.69 Å². The molecule has 1 atom stereocenters. The van der Waals surface area contributed by atoms with Crippen LogP contribution in [0.25, 0.3) is 0 Å². The zero-order valence-corrected chi connectivity index (χ0v) is 10.5. The third-order valence-electron chi connectivity index (χ3n) is 3.04. The standard InChI is InChI=1S/C12H19N3S/c1-15-5-4-14-10(8-15)6-9-2-3-11(13)12(16)7-9/h2-3,7,10,14,16H,4-6,8,13H2,1H3. The van der Waals surface area contributed by atoms with Gasteiger partial charge in [0.2, 0.25) is 0 Å². The summed E-state index contributed by atoms with van der Waals surface area (Å²) in [6.07, 6.45) is 1.04. The zero-order valence-electron chi connectivity index (χ0n) is 9.61. The second-order valence-corrected chi connectivity index (χ2v) is 4.99. The lowest BCUT2D eigenvalue weighted by Gasteiger charge is -2.31. The summed E-state index contributed by atoms with van der Waals surface area (Å²) in [5.41, 5.74) is 7.79. The summed E-state index contributed by atoms with van der Waals surface area (Å²) >= 11 is 4.35. The minimum atomic E-state index is 0.537. The number of hydrogen-bond donors (Lipinski definition) is 3. The Morgan fingerprint density at radius 3 is 3.06 bits per heavy atom. The van der Waals surface area contributed by atoms with E-state index in [9.17, 15) is 0 Å². The van der Waals surface area contributed by atoms with Crippen LogP contribution in [0.3, 0.4) is 0 Å². The highest BCUT2D eigenvalue weighted by Crippen LogP contribution is 2.19. The SMILES string of the molecule is CN1CCNC(Cc2ccc(N)c(S)c2)C1. The van der Waals surface area contributed by atoms with Crippen LogP contribution in [0, 0.1) is 0 Å². The Morgan fingerprint density at radius 2 is 2.38 bits per heavy atom. The second-order valence-electron chi connectivity index (χ2n) is 4.51. The number of nitrogens with zero attached hydrogens (tertiary/aromatic N) is 1. The van der Waals surface area contributed by atoms with E-state index < -0.39 is 0 Å². The number of hydrogen-bond acceptors (Lipinski definition) is 4. The number of piperazine rings is 1. The number of nitrogen functional groups attached to an aromatic ring is 1. The molecule has 1 aliphatic heterocycles. The molecular formula is C12H19N3S. The van der Waals surface area contributed by atoms with E-state index in [0.717, 1.165) is 36.6 Å². The molecule has 0 radical (unpaired) electrons. The molecule has 0 bridgehead atoms. The monoisotopic (exact) mass is 237 g/mol. The van der Waals surface area contributed by atoms with Crippen molar-refractivity contribution in [3.8, 4) is 0 Å². The molecule has 1 fully saturated rings. The molecule has 1 aliphatic rings. The highest BCUT2D eigenvalue weighted by atomic mass is 32.1. The van der Waals surface area contributed by atoms with Crippen molar-refractivity contribution in [2.45, 2.75) is 17.4 Å². The molecule has 3 N–H and O–H groups in total. The Balaban J connectivity index is 2.00. The molecule has 0 aromatic heterocycles. The molecule has 1 heterocycles. The smallest absolute Gasteiger partial charge is 0.0449 e. The summed E-state index contributed by atoms with van der Waals surface area (Å²) in [6.45, 7) is 3.31. The molecule has 0 saturated carbocycles. The van der Waals surface area contributed by atoms with Crippen LogP contribution in [0.1, 0.15) is 5.56 Å². The van der Waals surface area contributed by atoms with Crippen LogP contribution < -0.4 is 11.1 Å². The number of benzene rings is 1. The van der Waals surface area contributed by atoms with Gasteiger partial charge in [0.15, 0.2) is 0 Å². The van der Waals surface area contributed by atoms with E-state index in [0.29, 0.717) is 6.04 Å². The van der Waals surface area contributed by atoms with E-state index in [4.69, 9.17) is 5.73 Å². The number of rotatable bonds is 2. The summed E-state index contributed by atoms with van der Waals surface area (Å²) in [6, 6.07) is 6.62. The minimum absolute atomic E-state index is 0.537. The highest BCUT2D eigenvalue weighted by molar-refractivity contribution is 7.80. The molecule has 4 heteroatoms. The van der Waals surface area contributed by atoms with Crippen molar-refractivity contribution in [3.05, 3.63) is 23.8 Å². The van der Waals surface area contributed by atoms with Gasteiger partial charge in [-0.3, -0.25) is 0 Å². The third kappa shape index (κ3) is 2.90. The van der Waals surface area contributed by atoms with Gasteiger partial charge in [-0.05, 0) is 31.2 Å². The predicted octanol–water partition coefficient (Wildman–Crippen LogP) is 1.00. The van der Waals surface area contributed by atoms with Crippen molar-refractivity contribution in [3.63, 3.8) is 0 Å². The number of likely N-dealkylation sites (N-methyl/N-ethyl adjacent to an activating group) is 1. The van der Waals surface area contributed by atoms with Crippen LogP contribution >= 0.6 is 12.6 Å². The van der Waals surface area contributed by atoms with Gasteiger partial charge in [0.25, 0.3) is 0 Å². The van der Waals surface area contributed by atoms with Crippen molar-refractivity contribution in [1.29, 1.82) is 0 Å². The number of nitrogens with one attached hydrogen (secondary N) is 1. The molecule has 3 nitrogen and oxygen atoms in total. The predicted molar refractivity (Wildman–Crippen MR) is 71.1 cm³/mol. The normalized spacial score (nSPS) is 22.2. The van der Waals surface area contributed by atoms with Crippen LogP contribution in [0.15, 0.2) is 23.1 Å². The summed E-state index contributed by atoms with van der Waals surface area (Å²) in [4.78, 5) is 3.24. The van der Waals surface area contributed by atoms with Gasteiger partial charge in [-0.25, -0.2) is 0 Å². The minimum Gasteiger partial charge on any atom is -0.398 e. The summed E-state index contributed by atoms with van der Waals surface area (Å²) < 4.78 is 0. The summed E-state index contributed by atoms with van der Waals surface area (Å²) in [5.74, 6) is 0. The van der Waals surface area contributed by atoms with Crippen LogP contribution in [0.2, 0.25) is 0 Å². The first-order valence-electron chi connectivity index (χ1n) is 5.64. The average Bonchev–Trinajstić information content (AvgIpc) is 2.24. The highest BCUT2D eigenvalue weighted by Gasteiger charge is 2.16. The Hall–Kier alpha value is -0.710. The molecule has 88 valence electrons. The van der Waals surface area contributed by atoms with Crippen LogP contribution in [-0.4, -0.2) is 37.6 Å². The number of anilines is 1. The Labute approximate surface area is 102 Å². The van der Waals surface area contributed by atoms with Gasteiger partial charge in [-0.15, -0.1) is 12.6 Å². The molecule has 0 spiro atoms. The van der Waals surface area contributed by atoms with Gasteiger partial charge >= 0.3 is 0 Å². The largest absolute Gasteiger partial charge is 0.398 e. The summed E-state index contributed by atoms with van der Waals surface area (Å²) in [5, 5.41) is 3.53. The first-order valence-corrected chi connectivity index (χ1v) is 6.09. The molecule has 2 rings (SSSR count). The van der Waals surface area contributed by atoms with Gasteiger partial charge < -0.3 is 16.0 Å². The van der Waals surface area contributed by atoms with Crippen molar-refractivity contribution in [2.24, 2.45) is 0 Å². The van der Waals surface area contributed by atoms with E-state index in [1.165, 1.54) is 5.56 Å². The van der Waals surface area contributed by atoms with Gasteiger partial charge in [0.05, 0.1) is 0 Å². The van der Waals surface area contributed by atoms with Crippen molar-refractivity contribution >= 4 is 18.3 Å². The average molecular weight is 237 g/mol. The molecular weight excluding hydrogens is 218 g/mol. The van der Waals surface area contributed by atoms with Gasteiger partial charge in [-0.2, -0.15) is 0 Å². The molecule has 1 unspecified atom stereocenters. The number of nitrogens with two attached hydrogens (primary N) is 1. The van der Waals surface area contributed by atoms with Crippen molar-refractivity contribution in [2.75, 3.05) is 32.4 Å². The second kappa shape index (κ2) is 5.08. The van der Waals surface area contributed by atoms with Crippen molar-refractivity contribution < 1.29 is 0 Å². The van der Waals surface area contributed by atoms with Gasteiger partial charge in [0, 0.05) is 36.3 Å². The lowest BCUT2D eigenvalue weighted by Crippen LogP contribution is -2.49. The Morgan fingerprint density at radius 1 is 1.56 bits per heavy atom. The molecule has 1 aromatic carbocycles. The third-order valence-corrected chi connectivity index (χ3v) is 3.42. The molecule has 0 amide bonds. The lowest BCUT2D eigenvalue weighted by molar-refractivity contribution is 0.238. The van der Waals surface area contributed by atoms with Crippen molar-refractivity contribution in [1.82, 2.24) is 10.2 Å². The Bertz CT molecular complexity index is 367. The lowest BCUT2D eigenvalue weighted by atomic mass is 10.0. The quantitative estimate of drug-likeness (QED) is 0.531. The van der Waals surface area contributed by atoms with E-state index in [2.05, 4.69) is 42.0 Å². The Kier molecular flexibility index (Phi) is 3.74. The van der Waals surface area contributed by atoms with Crippen LogP contribution in [0.5, 0.6) is 0 Å². The summed E-state index contributed by atoms with van der Waals surface area (Å²) in [7, 11) is 2.17. The van der Waals surface area contributed by atoms with E-state index >= 15 is 0 Å². The van der Waals surface area contributed by atoms with E-state index in [1.807, 2.05) is 6.07 Å². The van der Waals surface area contributed by atoms with Gasteiger partial charge in [-0.1, -0.05) is 6.07 Å². The first kappa shape index (κ1) is 11.8. The molecule has 1 saturated heterocycles. The maximum Gasteiger partial charge on any atom is 0.0449 e. The molecule has 0 aliphatic carbocycles. The zero-order chi connectivity index (χ0) is 11.5. The molecule has 1 aromatic rings. The fourth-order valence-corrected chi connectivity index (χ4v) is 2.37. The topological polar surface area (TPSA) is 41.3 Å². The molecule has 16 heavy (non-hydrogen) atoms. The van der Waals surface area contributed by atoms with E-state index in [1.54, 1.807) is 0 Å². The fourth-order valence-electron chi connectivity index (χ4n) is 2.13. The first-order chi connectivity index (χ1) is 7.65.